The molecule has 1 fully saturated rings. The maximum Gasteiger partial charge on any atom is 0.320 e. The molecular weight excluding hydrogens is 370 g/mol. The number of hydrogen-bond acceptors (Lipinski definition) is 7. The van der Waals surface area contributed by atoms with Gasteiger partial charge in [-0.2, -0.15) is 0 Å². The Morgan fingerprint density at radius 2 is 1.93 bits per heavy atom. The van der Waals surface area contributed by atoms with Crippen LogP contribution in [0.1, 0.15) is 0 Å². The van der Waals surface area contributed by atoms with E-state index in [0.717, 1.165) is 0 Å². The van der Waals surface area contributed by atoms with Crippen LogP contribution in [-0.2, 0) is 19.1 Å². The number of rotatable bonds is 7. The monoisotopic (exact) mass is 395 g/mol. The number of hydrogen-bond donors (Lipinski definition) is 1. The van der Waals surface area contributed by atoms with E-state index >= 15 is 0 Å². The zero-order chi connectivity index (χ0) is 19.8. The molecule has 1 heterocycles. The number of nitrogens with one attached hydrogen (secondary N) is 1. The molecule has 2 amide bonds. The van der Waals surface area contributed by atoms with Crippen molar-refractivity contribution in [2.45, 2.75) is 5.25 Å². The standard InChI is InChI=1S/C18H25N3O5S/c1-20(11-16(22)19-13-4-6-14(25-2)7-5-13)12-17(23)21-8-9-27-15(10-21)18(24)26-3/h4-7,15H,8-12H2,1-3H3,(H,19,22)/t15-/m0/s1. The number of carbonyl (C=O) groups excluding carboxylic acids is 3. The fraction of sp³-hybridized carbons (Fsp3) is 0.500. The number of anilines is 1. The molecule has 9 heteroatoms. The second-order valence-corrected chi connectivity index (χ2v) is 7.48. The lowest BCUT2D eigenvalue weighted by molar-refractivity contribution is -0.141. The highest BCUT2D eigenvalue weighted by Gasteiger charge is 2.30. The molecule has 8 nitrogen and oxygen atoms in total. The predicted octanol–water partition coefficient (Wildman–Crippen LogP) is 0.683. The van der Waals surface area contributed by atoms with Gasteiger partial charge in [-0.25, -0.2) is 0 Å². The van der Waals surface area contributed by atoms with Gasteiger partial charge >= 0.3 is 5.97 Å². The van der Waals surface area contributed by atoms with Gasteiger partial charge in [-0.15, -0.1) is 11.8 Å². The summed E-state index contributed by atoms with van der Waals surface area (Å²) in [6.07, 6.45) is 0. The summed E-state index contributed by atoms with van der Waals surface area (Å²) in [6, 6.07) is 7.02. The predicted molar refractivity (Wildman–Crippen MR) is 104 cm³/mol. The lowest BCUT2D eigenvalue weighted by Gasteiger charge is -2.32. The number of ether oxygens (including phenoxy) is 2. The smallest absolute Gasteiger partial charge is 0.320 e. The molecule has 1 saturated heterocycles. The Kier molecular flexibility index (Phi) is 7.93. The van der Waals surface area contributed by atoms with E-state index in [-0.39, 0.29) is 36.1 Å². The van der Waals surface area contributed by atoms with E-state index in [1.807, 2.05) is 0 Å². The van der Waals surface area contributed by atoms with Gasteiger partial charge in [0.15, 0.2) is 0 Å². The molecule has 0 aliphatic carbocycles. The van der Waals surface area contributed by atoms with Gasteiger partial charge in [-0.05, 0) is 31.3 Å². The van der Waals surface area contributed by atoms with Crippen LogP contribution in [0.15, 0.2) is 24.3 Å². The molecule has 27 heavy (non-hydrogen) atoms. The number of nitrogens with zero attached hydrogens (tertiary/aromatic N) is 2. The highest BCUT2D eigenvalue weighted by atomic mass is 32.2. The summed E-state index contributed by atoms with van der Waals surface area (Å²) in [5.41, 5.74) is 0.662. The molecule has 0 radical (unpaired) electrons. The topological polar surface area (TPSA) is 88.2 Å². The van der Waals surface area contributed by atoms with Crippen LogP contribution in [0.3, 0.4) is 0 Å². The van der Waals surface area contributed by atoms with E-state index in [1.165, 1.54) is 18.9 Å². The van der Waals surface area contributed by atoms with Crippen molar-refractivity contribution in [2.75, 3.05) is 58.5 Å². The molecule has 1 aromatic carbocycles. The van der Waals surface area contributed by atoms with Gasteiger partial charge in [0.25, 0.3) is 0 Å². The van der Waals surface area contributed by atoms with Gasteiger partial charge in [0.1, 0.15) is 11.0 Å². The summed E-state index contributed by atoms with van der Waals surface area (Å²) < 4.78 is 9.83. The SMILES string of the molecule is COC(=O)[C@@H]1CN(C(=O)CN(C)CC(=O)Nc2ccc(OC)cc2)CCS1. The van der Waals surface area contributed by atoms with E-state index in [0.29, 0.717) is 30.3 Å². The van der Waals surface area contributed by atoms with Crippen molar-refractivity contribution in [3.05, 3.63) is 24.3 Å². The minimum atomic E-state index is -0.351. The molecule has 0 bridgehead atoms. The number of esters is 1. The van der Waals surface area contributed by atoms with Crippen molar-refractivity contribution >= 4 is 35.2 Å². The normalized spacial score (nSPS) is 16.7. The second kappa shape index (κ2) is 10.2. The molecule has 0 unspecified atom stereocenters. The maximum atomic E-state index is 12.5. The van der Waals surface area contributed by atoms with Crippen molar-refractivity contribution in [3.63, 3.8) is 0 Å². The zero-order valence-corrected chi connectivity index (χ0v) is 16.6. The van der Waals surface area contributed by atoms with Crippen molar-refractivity contribution in [1.82, 2.24) is 9.80 Å². The molecule has 1 N–H and O–H groups in total. The minimum absolute atomic E-state index is 0.0841. The molecule has 0 aromatic heterocycles. The Morgan fingerprint density at radius 3 is 2.56 bits per heavy atom. The Bertz CT molecular complexity index is 667. The Morgan fingerprint density at radius 1 is 1.22 bits per heavy atom. The van der Waals surface area contributed by atoms with Crippen molar-refractivity contribution in [3.8, 4) is 5.75 Å². The third-order valence-corrected chi connectivity index (χ3v) is 5.24. The van der Waals surface area contributed by atoms with Crippen LogP contribution >= 0.6 is 11.8 Å². The van der Waals surface area contributed by atoms with Crippen LogP contribution < -0.4 is 10.1 Å². The van der Waals surface area contributed by atoms with E-state index in [2.05, 4.69) is 5.32 Å². The molecule has 0 saturated carbocycles. The summed E-state index contributed by atoms with van der Waals surface area (Å²) in [6.45, 7) is 1.11. The molecule has 1 aliphatic rings. The lowest BCUT2D eigenvalue weighted by atomic mass is 10.3. The summed E-state index contributed by atoms with van der Waals surface area (Å²) >= 11 is 1.50. The second-order valence-electron chi connectivity index (χ2n) is 6.17. The molecule has 148 valence electrons. The first-order valence-electron chi connectivity index (χ1n) is 8.52. The van der Waals surface area contributed by atoms with Crippen LogP contribution in [0.5, 0.6) is 5.75 Å². The number of methoxy groups -OCH3 is 2. The van der Waals surface area contributed by atoms with E-state index in [9.17, 15) is 14.4 Å². The van der Waals surface area contributed by atoms with Crippen LogP contribution in [0.2, 0.25) is 0 Å². The Balaban J connectivity index is 1.79. The van der Waals surface area contributed by atoms with Gasteiger partial charge in [0, 0.05) is 24.5 Å². The summed E-state index contributed by atoms with van der Waals surface area (Å²) in [5.74, 6) is 0.763. The quantitative estimate of drug-likeness (QED) is 0.680. The number of carbonyl (C=O) groups is 3. The third-order valence-electron chi connectivity index (χ3n) is 4.08. The summed E-state index contributed by atoms with van der Waals surface area (Å²) in [7, 11) is 4.63. The summed E-state index contributed by atoms with van der Waals surface area (Å²) in [4.78, 5) is 39.6. The van der Waals surface area contributed by atoms with Gasteiger partial charge in [-0.3, -0.25) is 19.3 Å². The lowest BCUT2D eigenvalue weighted by Crippen LogP contribution is -2.48. The maximum absolute atomic E-state index is 12.5. The molecule has 1 aliphatic heterocycles. The van der Waals surface area contributed by atoms with Crippen LogP contribution in [-0.4, -0.2) is 86.0 Å². The molecule has 1 aromatic rings. The van der Waals surface area contributed by atoms with E-state index < -0.39 is 0 Å². The Hall–Kier alpha value is -2.26. The number of likely N-dealkylation sites (N-methyl/N-ethyl adjacent to an activating group) is 1. The highest BCUT2D eigenvalue weighted by molar-refractivity contribution is 8.00. The van der Waals surface area contributed by atoms with Gasteiger partial charge < -0.3 is 19.7 Å². The van der Waals surface area contributed by atoms with E-state index in [4.69, 9.17) is 9.47 Å². The average molecular weight is 395 g/mol. The molecular formula is C18H25N3O5S. The third kappa shape index (κ3) is 6.44. The largest absolute Gasteiger partial charge is 0.497 e. The Labute approximate surface area is 163 Å². The first-order valence-corrected chi connectivity index (χ1v) is 9.57. The number of thioether (sulfide) groups is 1. The van der Waals surface area contributed by atoms with Gasteiger partial charge in [0.2, 0.25) is 11.8 Å². The van der Waals surface area contributed by atoms with Crippen LogP contribution in [0.4, 0.5) is 5.69 Å². The van der Waals surface area contributed by atoms with Crippen LogP contribution in [0, 0.1) is 0 Å². The fourth-order valence-electron chi connectivity index (χ4n) is 2.66. The molecule has 0 spiro atoms. The average Bonchev–Trinajstić information content (AvgIpc) is 2.67. The fourth-order valence-corrected chi connectivity index (χ4v) is 3.78. The van der Waals surface area contributed by atoms with Crippen molar-refractivity contribution < 1.29 is 23.9 Å². The zero-order valence-electron chi connectivity index (χ0n) is 15.8. The van der Waals surface area contributed by atoms with Crippen LogP contribution in [0.25, 0.3) is 0 Å². The first-order chi connectivity index (χ1) is 12.9. The van der Waals surface area contributed by atoms with Crippen molar-refractivity contribution in [2.24, 2.45) is 0 Å². The summed E-state index contributed by atoms with van der Waals surface area (Å²) in [5, 5.41) is 2.43. The molecule has 1 atom stereocenters. The van der Waals surface area contributed by atoms with Crippen molar-refractivity contribution in [1.29, 1.82) is 0 Å². The minimum Gasteiger partial charge on any atom is -0.497 e. The first kappa shape index (κ1) is 21.0. The highest BCUT2D eigenvalue weighted by Crippen LogP contribution is 2.20. The van der Waals surface area contributed by atoms with Gasteiger partial charge in [0.05, 0.1) is 27.3 Å². The number of amides is 2. The van der Waals surface area contributed by atoms with E-state index in [1.54, 1.807) is 48.2 Å². The van der Waals surface area contributed by atoms with Gasteiger partial charge in [-0.1, -0.05) is 0 Å². The molecule has 2 rings (SSSR count). The number of benzene rings is 1.